The van der Waals surface area contributed by atoms with Crippen LogP contribution in [0.15, 0.2) is 10.2 Å². The number of azo groups is 1. The molecule has 84 valence electrons. The predicted molar refractivity (Wildman–Crippen MR) is 55.2 cm³/mol. The van der Waals surface area contributed by atoms with Gasteiger partial charge in [0.2, 0.25) is 0 Å². The van der Waals surface area contributed by atoms with Gasteiger partial charge in [0.1, 0.15) is 14.7 Å². The molecule has 0 saturated heterocycles. The van der Waals surface area contributed by atoms with Crippen LogP contribution in [0.5, 0.6) is 0 Å². The summed E-state index contributed by atoms with van der Waals surface area (Å²) in [6, 6.07) is 0.653. The van der Waals surface area contributed by atoms with Gasteiger partial charge in [-0.3, -0.25) is 0 Å². The Kier molecular flexibility index (Phi) is 7.81. The van der Waals surface area contributed by atoms with Gasteiger partial charge in [-0.2, -0.15) is 10.2 Å². The third kappa shape index (κ3) is 4.77. The van der Waals surface area contributed by atoms with Crippen LogP contribution in [0.25, 0.3) is 0 Å². The van der Waals surface area contributed by atoms with Gasteiger partial charge in [-0.25, -0.2) is 0 Å². The van der Waals surface area contributed by atoms with Gasteiger partial charge in [-0.05, 0) is 12.5 Å². The number of hydrogen-bond donors (Lipinski definition) is 4. The van der Waals surface area contributed by atoms with Gasteiger partial charge in [-0.1, -0.05) is 0 Å². The lowest BCUT2D eigenvalue weighted by atomic mass is 10.5. The van der Waals surface area contributed by atoms with Crippen molar-refractivity contribution in [1.82, 2.24) is 0 Å². The summed E-state index contributed by atoms with van der Waals surface area (Å²) in [6.07, 6.45) is 0.452. The van der Waals surface area contributed by atoms with Crippen LogP contribution in [-0.4, -0.2) is 55.3 Å². The van der Waals surface area contributed by atoms with Crippen molar-refractivity contribution in [2.24, 2.45) is 16.0 Å². The van der Waals surface area contributed by atoms with Crippen molar-refractivity contribution >= 4 is 8.07 Å². The van der Waals surface area contributed by atoms with Gasteiger partial charge in [0.25, 0.3) is 0 Å². The highest BCUT2D eigenvalue weighted by molar-refractivity contribution is 6.79. The molecule has 0 atom stereocenters. The highest BCUT2D eigenvalue weighted by Crippen LogP contribution is 2.10. The van der Waals surface area contributed by atoms with Crippen LogP contribution in [0.1, 0.15) is 6.42 Å². The molecule has 0 amide bonds. The summed E-state index contributed by atoms with van der Waals surface area (Å²) in [6.45, 7) is 0.717. The molecule has 0 rings (SSSR count). The molecule has 0 bridgehead atoms. The maximum atomic E-state index is 9.05. The summed E-state index contributed by atoms with van der Waals surface area (Å²) < 4.78 is 0. The van der Waals surface area contributed by atoms with Crippen LogP contribution >= 0.6 is 0 Å². The normalized spacial score (nSPS) is 12.6. The van der Waals surface area contributed by atoms with Crippen molar-refractivity contribution in [2.45, 2.75) is 12.5 Å². The van der Waals surface area contributed by atoms with Crippen LogP contribution < -0.4 is 5.73 Å². The lowest BCUT2D eigenvalue weighted by Crippen LogP contribution is -2.48. The lowest BCUT2D eigenvalue weighted by Gasteiger charge is -2.23. The molecule has 7 heteroatoms. The van der Waals surface area contributed by atoms with Crippen molar-refractivity contribution in [3.63, 3.8) is 0 Å². The van der Waals surface area contributed by atoms with Gasteiger partial charge < -0.3 is 21.1 Å². The fraction of sp³-hybridized carbons (Fsp3) is 1.00. The molecule has 0 saturated carbocycles. The second kappa shape index (κ2) is 8.01. The Morgan fingerprint density at radius 1 is 1.00 bits per heavy atom. The average molecular weight is 221 g/mol. The fourth-order valence-electron chi connectivity index (χ4n) is 1.04. The first-order chi connectivity index (χ1) is 6.74. The van der Waals surface area contributed by atoms with Crippen LogP contribution in [0.3, 0.4) is 0 Å². The van der Waals surface area contributed by atoms with Gasteiger partial charge in [0.15, 0.2) is 0 Å². The molecule has 14 heavy (non-hydrogen) atoms. The molecule has 0 aromatic rings. The molecular formula is C7H19N3O3Si. The van der Waals surface area contributed by atoms with E-state index in [1.165, 1.54) is 0 Å². The van der Waals surface area contributed by atoms with E-state index in [9.17, 15) is 0 Å². The molecule has 0 aliphatic carbocycles. The number of hydrogen-bond acceptors (Lipinski definition) is 6. The third-order valence-corrected chi connectivity index (χ3v) is 5.58. The first kappa shape index (κ1) is 13.7. The Balaban J connectivity index is 3.76. The van der Waals surface area contributed by atoms with Crippen LogP contribution in [0.4, 0.5) is 0 Å². The molecule has 6 nitrogen and oxygen atoms in total. The maximum absolute atomic E-state index is 9.05. The third-order valence-electron chi connectivity index (χ3n) is 2.15. The fourth-order valence-corrected chi connectivity index (χ4v) is 2.72. The molecule has 0 heterocycles. The zero-order valence-electron chi connectivity index (χ0n) is 8.26. The summed E-state index contributed by atoms with van der Waals surface area (Å²) in [7, 11) is -2.24. The van der Waals surface area contributed by atoms with E-state index in [0.29, 0.717) is 12.6 Å². The summed E-state index contributed by atoms with van der Waals surface area (Å²) >= 11 is 0. The number of rotatable bonds is 8. The van der Waals surface area contributed by atoms with E-state index >= 15 is 0 Å². The molecule has 0 aliphatic rings. The predicted octanol–water partition coefficient (Wildman–Crippen LogP) is -1.21. The van der Waals surface area contributed by atoms with E-state index in [0.717, 1.165) is 6.42 Å². The van der Waals surface area contributed by atoms with Gasteiger partial charge in [-0.15, -0.1) is 0 Å². The van der Waals surface area contributed by atoms with Crippen LogP contribution in [-0.2, 0) is 0 Å². The van der Waals surface area contributed by atoms with E-state index < -0.39 is 8.07 Å². The topological polar surface area (TPSA) is 111 Å². The quantitative estimate of drug-likeness (QED) is 0.234. The molecule has 5 N–H and O–H groups in total. The van der Waals surface area contributed by atoms with Crippen molar-refractivity contribution in [3.8, 4) is 0 Å². The number of aliphatic hydroxyl groups is 3. The van der Waals surface area contributed by atoms with E-state index in [-0.39, 0.29) is 25.4 Å². The van der Waals surface area contributed by atoms with Crippen molar-refractivity contribution in [2.75, 3.05) is 31.9 Å². The average Bonchev–Trinajstić information content (AvgIpc) is 2.24. The highest BCUT2D eigenvalue weighted by Gasteiger charge is 2.30. The molecule has 0 radical (unpaired) electrons. The van der Waals surface area contributed by atoms with Gasteiger partial charge >= 0.3 is 0 Å². The van der Waals surface area contributed by atoms with E-state index in [4.69, 9.17) is 21.1 Å². The minimum absolute atomic E-state index is 0.0893. The van der Waals surface area contributed by atoms with Crippen molar-refractivity contribution in [1.29, 1.82) is 0 Å². The molecule has 0 aromatic carbocycles. The summed E-state index contributed by atoms with van der Waals surface area (Å²) in [5.41, 5.74) is 5.10. The lowest BCUT2D eigenvalue weighted by molar-refractivity contribution is 0.286. The monoisotopic (exact) mass is 221 g/mol. The van der Waals surface area contributed by atoms with E-state index in [2.05, 4.69) is 10.2 Å². The molecule has 0 aliphatic heterocycles. The Hall–Kier alpha value is -0.343. The molecular weight excluding hydrogens is 202 g/mol. The smallest absolute Gasteiger partial charge is 0.139 e. The van der Waals surface area contributed by atoms with Crippen molar-refractivity contribution in [3.05, 3.63) is 0 Å². The largest absolute Gasteiger partial charge is 0.399 e. The Morgan fingerprint density at radius 3 is 2.00 bits per heavy atom. The number of aliphatic hydroxyl groups excluding tert-OH is 3. The molecule has 0 aromatic heterocycles. The summed E-state index contributed by atoms with van der Waals surface area (Å²) in [5.74, 6) is 0. The first-order valence-corrected chi connectivity index (χ1v) is 7.43. The van der Waals surface area contributed by atoms with Crippen LogP contribution in [0, 0.1) is 0 Å². The summed E-state index contributed by atoms with van der Waals surface area (Å²) in [5, 5.41) is 34.5. The Morgan fingerprint density at radius 2 is 1.57 bits per heavy atom. The first-order valence-electron chi connectivity index (χ1n) is 4.60. The molecule has 0 spiro atoms. The summed E-state index contributed by atoms with van der Waals surface area (Å²) in [4.78, 5) is 0. The van der Waals surface area contributed by atoms with Gasteiger partial charge in [0.05, 0.1) is 6.54 Å². The minimum atomic E-state index is -2.24. The second-order valence-corrected chi connectivity index (χ2v) is 7.72. The standard InChI is InChI=1S/C7H19N3O3Si/c8-4-10-9-2-1-3-14(5-11,6-12)7-13/h11-13H,1-8H2/b10-9+. The van der Waals surface area contributed by atoms with Crippen LogP contribution in [0.2, 0.25) is 6.04 Å². The molecule has 0 unspecified atom stereocenters. The van der Waals surface area contributed by atoms with Crippen molar-refractivity contribution < 1.29 is 15.3 Å². The highest BCUT2D eigenvalue weighted by atomic mass is 28.3. The van der Waals surface area contributed by atoms with E-state index in [1.54, 1.807) is 0 Å². The maximum Gasteiger partial charge on any atom is 0.139 e. The Labute approximate surface area is 84.5 Å². The molecule has 0 fully saturated rings. The SMILES string of the molecule is NC/N=N/CCC[Si](CO)(CO)CO. The second-order valence-electron chi connectivity index (χ2n) is 3.27. The zero-order valence-corrected chi connectivity index (χ0v) is 9.26. The van der Waals surface area contributed by atoms with E-state index in [1.807, 2.05) is 0 Å². The minimum Gasteiger partial charge on any atom is -0.399 e. The zero-order chi connectivity index (χ0) is 10.9. The number of nitrogens with two attached hydrogens (primary N) is 1. The Bertz CT molecular complexity index is 156. The van der Waals surface area contributed by atoms with Gasteiger partial charge in [0, 0.05) is 18.7 Å². The number of nitrogens with zero attached hydrogens (tertiary/aromatic N) is 2.